The number of sulfonamides is 1. The summed E-state index contributed by atoms with van der Waals surface area (Å²) < 4.78 is 25.5. The number of nitrogens with zero attached hydrogens (tertiary/aromatic N) is 2. The van der Waals surface area contributed by atoms with E-state index in [1.54, 1.807) is 11.9 Å². The van der Waals surface area contributed by atoms with E-state index in [1.165, 1.54) is 10.6 Å². The van der Waals surface area contributed by atoms with Crippen LogP contribution in [-0.4, -0.2) is 38.5 Å². The zero-order valence-corrected chi connectivity index (χ0v) is 15.7. The molecule has 0 fully saturated rings. The Balaban J connectivity index is 2.04. The molecule has 0 aliphatic heterocycles. The van der Waals surface area contributed by atoms with Gasteiger partial charge in [-0.05, 0) is 24.6 Å². The second kappa shape index (κ2) is 8.27. The molecule has 0 aliphatic rings. The van der Waals surface area contributed by atoms with Crippen molar-refractivity contribution in [2.45, 2.75) is 19.9 Å². The molecule has 0 spiro atoms. The molecule has 5 nitrogen and oxygen atoms in total. The minimum Gasteiger partial charge on any atom is -0.315 e. The van der Waals surface area contributed by atoms with Crippen molar-refractivity contribution in [1.29, 1.82) is 0 Å². The fourth-order valence-electron chi connectivity index (χ4n) is 2.56. The van der Waals surface area contributed by atoms with Gasteiger partial charge in [0.1, 0.15) is 0 Å². The third-order valence-electron chi connectivity index (χ3n) is 4.00. The molecule has 0 aromatic heterocycles. The van der Waals surface area contributed by atoms with Crippen LogP contribution in [0, 0.1) is 6.92 Å². The number of anilines is 1. The number of hydrogen-bond donors (Lipinski definition) is 0. The van der Waals surface area contributed by atoms with Crippen molar-refractivity contribution in [3.8, 4) is 0 Å². The molecule has 0 N–H and O–H groups in total. The van der Waals surface area contributed by atoms with Crippen LogP contribution in [0.1, 0.15) is 17.5 Å². The summed E-state index contributed by atoms with van der Waals surface area (Å²) >= 11 is 0. The maximum Gasteiger partial charge on any atom is 0.228 e. The molecule has 134 valence electrons. The topological polar surface area (TPSA) is 57.7 Å². The minimum atomic E-state index is -3.40. The van der Waals surface area contributed by atoms with Crippen LogP contribution in [0.3, 0.4) is 0 Å². The van der Waals surface area contributed by atoms with Crippen LogP contribution in [0.15, 0.2) is 54.6 Å². The summed E-state index contributed by atoms with van der Waals surface area (Å²) in [6.07, 6.45) is 1.30. The molecule has 25 heavy (non-hydrogen) atoms. The van der Waals surface area contributed by atoms with E-state index in [0.717, 1.165) is 16.8 Å². The zero-order valence-electron chi connectivity index (χ0n) is 14.8. The Kier molecular flexibility index (Phi) is 6.33. The van der Waals surface area contributed by atoms with Gasteiger partial charge in [0.25, 0.3) is 0 Å². The lowest BCUT2D eigenvalue weighted by molar-refractivity contribution is -0.118. The molecule has 0 saturated carbocycles. The van der Waals surface area contributed by atoms with E-state index < -0.39 is 10.0 Å². The lowest BCUT2D eigenvalue weighted by Crippen LogP contribution is -2.35. The van der Waals surface area contributed by atoms with Gasteiger partial charge in [0.15, 0.2) is 0 Å². The van der Waals surface area contributed by atoms with Crippen molar-refractivity contribution in [2.24, 2.45) is 0 Å². The van der Waals surface area contributed by atoms with E-state index in [4.69, 9.17) is 0 Å². The summed E-state index contributed by atoms with van der Waals surface area (Å²) in [5.74, 6) is -0.121. The highest BCUT2D eigenvalue weighted by molar-refractivity contribution is 7.88. The molecule has 0 aliphatic carbocycles. The number of hydrogen-bond acceptors (Lipinski definition) is 3. The Morgan fingerprint density at radius 2 is 1.72 bits per heavy atom. The first kappa shape index (κ1) is 19.1. The van der Waals surface area contributed by atoms with E-state index in [1.807, 2.05) is 61.5 Å². The van der Waals surface area contributed by atoms with Gasteiger partial charge in [-0.2, -0.15) is 4.31 Å². The maximum atomic E-state index is 12.4. The van der Waals surface area contributed by atoms with Gasteiger partial charge in [-0.1, -0.05) is 48.0 Å². The minimum absolute atomic E-state index is 0.121. The first-order valence-electron chi connectivity index (χ1n) is 8.09. The summed E-state index contributed by atoms with van der Waals surface area (Å²) in [6, 6.07) is 17.0. The van der Waals surface area contributed by atoms with Crippen LogP contribution in [0.5, 0.6) is 0 Å². The maximum absolute atomic E-state index is 12.4. The van der Waals surface area contributed by atoms with E-state index in [9.17, 15) is 13.2 Å². The van der Waals surface area contributed by atoms with Crippen molar-refractivity contribution in [2.75, 3.05) is 24.7 Å². The van der Waals surface area contributed by atoms with Gasteiger partial charge >= 0.3 is 0 Å². The molecular weight excluding hydrogens is 336 g/mol. The van der Waals surface area contributed by atoms with Gasteiger partial charge < -0.3 is 4.90 Å². The largest absolute Gasteiger partial charge is 0.315 e. The lowest BCUT2D eigenvalue weighted by Gasteiger charge is -2.22. The number of amides is 1. The molecule has 0 radical (unpaired) electrons. The molecule has 0 atom stereocenters. The molecule has 6 heteroatoms. The summed E-state index contributed by atoms with van der Waals surface area (Å²) in [7, 11) is -1.70. The van der Waals surface area contributed by atoms with Crippen molar-refractivity contribution in [1.82, 2.24) is 4.31 Å². The molecule has 2 rings (SSSR count). The van der Waals surface area contributed by atoms with Crippen molar-refractivity contribution >= 4 is 21.6 Å². The quantitative estimate of drug-likeness (QED) is 0.763. The number of benzene rings is 2. The molecule has 0 saturated heterocycles. The summed E-state index contributed by atoms with van der Waals surface area (Å²) in [5, 5.41) is 0. The molecule has 2 aromatic carbocycles. The number of rotatable bonds is 7. The third-order valence-corrected chi connectivity index (χ3v) is 5.25. The van der Waals surface area contributed by atoms with E-state index in [2.05, 4.69) is 0 Å². The van der Waals surface area contributed by atoms with Crippen molar-refractivity contribution < 1.29 is 13.2 Å². The Bertz CT molecular complexity index is 820. The number of para-hydroxylation sites is 1. The monoisotopic (exact) mass is 360 g/mol. The molecule has 0 unspecified atom stereocenters. The van der Waals surface area contributed by atoms with Gasteiger partial charge in [-0.25, -0.2) is 8.42 Å². The Hall–Kier alpha value is -2.18. The number of carbonyl (C=O) groups is 1. The van der Waals surface area contributed by atoms with Gasteiger partial charge in [-0.15, -0.1) is 0 Å². The smallest absolute Gasteiger partial charge is 0.228 e. The average molecular weight is 360 g/mol. The second-order valence-electron chi connectivity index (χ2n) is 6.12. The average Bonchev–Trinajstić information content (AvgIpc) is 2.57. The van der Waals surface area contributed by atoms with Gasteiger partial charge in [0, 0.05) is 32.2 Å². The van der Waals surface area contributed by atoms with Crippen LogP contribution in [0.4, 0.5) is 5.69 Å². The highest BCUT2D eigenvalue weighted by atomic mass is 32.2. The highest BCUT2D eigenvalue weighted by Gasteiger charge is 2.20. The zero-order chi connectivity index (χ0) is 18.4. The number of carbonyl (C=O) groups excluding carboxylic acids is 1. The predicted molar refractivity (Wildman–Crippen MR) is 101 cm³/mol. The SMILES string of the molecule is Cc1cccc(CN(CCC(=O)N(C)c2ccccc2)S(C)(=O)=O)c1. The van der Waals surface area contributed by atoms with Crippen LogP contribution in [0.25, 0.3) is 0 Å². The van der Waals surface area contributed by atoms with E-state index >= 15 is 0 Å². The van der Waals surface area contributed by atoms with E-state index in [0.29, 0.717) is 0 Å². The van der Waals surface area contributed by atoms with Crippen molar-refractivity contribution in [3.63, 3.8) is 0 Å². The fourth-order valence-corrected chi connectivity index (χ4v) is 3.37. The normalized spacial score (nSPS) is 11.5. The fraction of sp³-hybridized carbons (Fsp3) is 0.316. The molecule has 0 bridgehead atoms. The number of aryl methyl sites for hydroxylation is 1. The summed E-state index contributed by atoms with van der Waals surface area (Å²) in [4.78, 5) is 13.9. The molecular formula is C19H24N2O3S. The Labute approximate surface area is 149 Å². The highest BCUT2D eigenvalue weighted by Crippen LogP contribution is 2.14. The van der Waals surface area contributed by atoms with Crippen LogP contribution in [0.2, 0.25) is 0 Å². The van der Waals surface area contributed by atoms with Crippen LogP contribution >= 0.6 is 0 Å². The van der Waals surface area contributed by atoms with Crippen LogP contribution in [-0.2, 0) is 21.4 Å². The predicted octanol–water partition coefficient (Wildman–Crippen LogP) is 2.81. The van der Waals surface area contributed by atoms with Crippen LogP contribution < -0.4 is 4.90 Å². The van der Waals surface area contributed by atoms with Crippen molar-refractivity contribution in [3.05, 3.63) is 65.7 Å². The molecule has 0 heterocycles. The van der Waals surface area contributed by atoms with Gasteiger partial charge in [0.2, 0.25) is 15.9 Å². The first-order valence-corrected chi connectivity index (χ1v) is 9.94. The Morgan fingerprint density at radius 1 is 1.04 bits per heavy atom. The Morgan fingerprint density at radius 3 is 2.32 bits per heavy atom. The standard InChI is InChI=1S/C19H24N2O3S/c1-16-8-7-9-17(14-16)15-21(25(3,23)24)13-12-19(22)20(2)18-10-5-4-6-11-18/h4-11,14H,12-13,15H2,1-3H3. The molecule has 1 amide bonds. The summed E-state index contributed by atoms with van der Waals surface area (Å²) in [5.41, 5.74) is 2.78. The van der Waals surface area contributed by atoms with E-state index in [-0.39, 0.29) is 25.4 Å². The second-order valence-corrected chi connectivity index (χ2v) is 8.11. The lowest BCUT2D eigenvalue weighted by atomic mass is 10.1. The molecule has 2 aromatic rings. The first-order chi connectivity index (χ1) is 11.8. The third kappa shape index (κ3) is 5.69. The summed E-state index contributed by atoms with van der Waals surface area (Å²) in [6.45, 7) is 2.39. The van der Waals surface area contributed by atoms with Gasteiger partial charge in [-0.3, -0.25) is 4.79 Å². The van der Waals surface area contributed by atoms with Gasteiger partial charge in [0.05, 0.1) is 6.26 Å².